The van der Waals surface area contributed by atoms with Crippen LogP contribution in [0.2, 0.25) is 0 Å². The Labute approximate surface area is 130 Å². The third-order valence-electron chi connectivity index (χ3n) is 3.16. The Morgan fingerprint density at radius 2 is 1.68 bits per heavy atom. The van der Waals surface area contributed by atoms with E-state index in [2.05, 4.69) is 0 Å². The van der Waals surface area contributed by atoms with E-state index in [1.807, 2.05) is 6.07 Å². The van der Waals surface area contributed by atoms with Crippen LogP contribution in [0.5, 0.6) is 5.75 Å². The summed E-state index contributed by atoms with van der Waals surface area (Å²) in [4.78, 5) is 12.3. The Bertz CT molecular complexity index is 783. The van der Waals surface area contributed by atoms with Crippen LogP contribution in [-0.2, 0) is 10.0 Å². The van der Waals surface area contributed by atoms with Crippen molar-refractivity contribution in [1.29, 1.82) is 0 Å². The standard InChI is InChI=1S/C16H17NO4S/c1-12-9-10-14(22(19,20)17(2)3)11-15(12)16(18)21-13-7-5-4-6-8-13/h4-11H,1-3H3. The van der Waals surface area contributed by atoms with Crippen LogP contribution in [0.15, 0.2) is 53.4 Å². The molecule has 0 aliphatic rings. The number of carbonyl (C=O) groups excluding carboxylic acids is 1. The molecule has 0 saturated heterocycles. The zero-order valence-corrected chi connectivity index (χ0v) is 13.4. The Morgan fingerprint density at radius 1 is 1.05 bits per heavy atom. The Kier molecular flexibility index (Phi) is 4.63. The highest BCUT2D eigenvalue weighted by Crippen LogP contribution is 2.20. The molecule has 0 N–H and O–H groups in total. The number of sulfonamides is 1. The maximum absolute atomic E-state index is 12.3. The van der Waals surface area contributed by atoms with Crippen molar-refractivity contribution < 1.29 is 17.9 Å². The number of aryl methyl sites for hydroxylation is 1. The summed E-state index contributed by atoms with van der Waals surface area (Å²) >= 11 is 0. The minimum atomic E-state index is -3.60. The van der Waals surface area contributed by atoms with Gasteiger partial charge in [0, 0.05) is 14.1 Å². The van der Waals surface area contributed by atoms with Crippen LogP contribution in [-0.4, -0.2) is 32.8 Å². The maximum atomic E-state index is 12.3. The molecule has 0 radical (unpaired) electrons. The van der Waals surface area contributed by atoms with Crippen molar-refractivity contribution in [3.63, 3.8) is 0 Å². The van der Waals surface area contributed by atoms with E-state index in [9.17, 15) is 13.2 Å². The summed E-state index contributed by atoms with van der Waals surface area (Å²) in [5.74, 6) is -0.174. The third-order valence-corrected chi connectivity index (χ3v) is 4.97. The Balaban J connectivity index is 2.37. The van der Waals surface area contributed by atoms with Crippen molar-refractivity contribution in [1.82, 2.24) is 4.31 Å². The molecule has 0 aliphatic carbocycles. The van der Waals surface area contributed by atoms with Gasteiger partial charge >= 0.3 is 5.97 Å². The summed E-state index contributed by atoms with van der Waals surface area (Å²) in [7, 11) is -0.714. The molecule has 0 unspecified atom stereocenters. The van der Waals surface area contributed by atoms with Crippen LogP contribution in [0.3, 0.4) is 0 Å². The highest BCUT2D eigenvalue weighted by molar-refractivity contribution is 7.89. The molecule has 0 spiro atoms. The summed E-state index contributed by atoms with van der Waals surface area (Å²) in [6.07, 6.45) is 0. The van der Waals surface area contributed by atoms with Gasteiger partial charge in [0.25, 0.3) is 0 Å². The van der Waals surface area contributed by atoms with Gasteiger partial charge in [0.15, 0.2) is 0 Å². The average molecular weight is 319 g/mol. The highest BCUT2D eigenvalue weighted by atomic mass is 32.2. The van der Waals surface area contributed by atoms with Crippen LogP contribution < -0.4 is 4.74 Å². The van der Waals surface area contributed by atoms with Crippen molar-refractivity contribution in [2.24, 2.45) is 0 Å². The largest absolute Gasteiger partial charge is 0.423 e. The number of hydrogen-bond acceptors (Lipinski definition) is 4. The number of esters is 1. The molecule has 6 heteroatoms. The molecule has 0 aliphatic heterocycles. The number of nitrogens with zero attached hydrogens (tertiary/aromatic N) is 1. The van der Waals surface area contributed by atoms with Gasteiger partial charge in [-0.1, -0.05) is 24.3 Å². The summed E-state index contributed by atoms with van der Waals surface area (Å²) in [5.41, 5.74) is 0.880. The molecule has 22 heavy (non-hydrogen) atoms. The number of hydrogen-bond donors (Lipinski definition) is 0. The predicted octanol–water partition coefficient (Wildman–Crippen LogP) is 2.46. The van der Waals surface area contributed by atoms with Gasteiger partial charge < -0.3 is 4.74 Å². The molecule has 0 bridgehead atoms. The Hall–Kier alpha value is -2.18. The second-order valence-corrected chi connectivity index (χ2v) is 7.12. The minimum Gasteiger partial charge on any atom is -0.423 e. The van der Waals surface area contributed by atoms with Crippen LogP contribution >= 0.6 is 0 Å². The van der Waals surface area contributed by atoms with E-state index in [1.165, 1.54) is 26.2 Å². The van der Waals surface area contributed by atoms with Crippen molar-refractivity contribution in [2.75, 3.05) is 14.1 Å². The first-order chi connectivity index (χ1) is 10.3. The molecule has 0 aromatic heterocycles. The molecule has 0 fully saturated rings. The first-order valence-corrected chi connectivity index (χ1v) is 8.07. The second kappa shape index (κ2) is 6.29. The zero-order chi connectivity index (χ0) is 16.3. The van der Waals surface area contributed by atoms with E-state index in [1.54, 1.807) is 37.3 Å². The van der Waals surface area contributed by atoms with Gasteiger partial charge in [-0.25, -0.2) is 17.5 Å². The Morgan fingerprint density at radius 3 is 2.27 bits per heavy atom. The number of carbonyl (C=O) groups is 1. The lowest BCUT2D eigenvalue weighted by Gasteiger charge is -2.13. The number of ether oxygens (including phenoxy) is 1. The summed E-state index contributed by atoms with van der Waals surface area (Å²) in [6.45, 7) is 1.73. The van der Waals surface area contributed by atoms with Crippen molar-refractivity contribution in [3.05, 3.63) is 59.7 Å². The number of rotatable bonds is 4. The molecule has 2 rings (SSSR count). The van der Waals surface area contributed by atoms with Crippen LogP contribution in [0.1, 0.15) is 15.9 Å². The molecule has 0 atom stereocenters. The maximum Gasteiger partial charge on any atom is 0.343 e. The van der Waals surface area contributed by atoms with Gasteiger partial charge in [0.2, 0.25) is 10.0 Å². The molecular formula is C16H17NO4S. The van der Waals surface area contributed by atoms with Gasteiger partial charge in [-0.3, -0.25) is 0 Å². The van der Waals surface area contributed by atoms with Crippen LogP contribution in [0.4, 0.5) is 0 Å². The van der Waals surface area contributed by atoms with Crippen molar-refractivity contribution >= 4 is 16.0 Å². The van der Waals surface area contributed by atoms with E-state index in [-0.39, 0.29) is 10.5 Å². The van der Waals surface area contributed by atoms with E-state index < -0.39 is 16.0 Å². The van der Waals surface area contributed by atoms with Crippen LogP contribution in [0, 0.1) is 6.92 Å². The number of para-hydroxylation sites is 1. The minimum absolute atomic E-state index is 0.0584. The first kappa shape index (κ1) is 16.2. The van der Waals surface area contributed by atoms with Gasteiger partial charge in [0.05, 0.1) is 10.5 Å². The molecule has 5 nitrogen and oxygen atoms in total. The molecule has 116 valence electrons. The highest BCUT2D eigenvalue weighted by Gasteiger charge is 2.21. The monoisotopic (exact) mass is 319 g/mol. The lowest BCUT2D eigenvalue weighted by molar-refractivity contribution is 0.0733. The SMILES string of the molecule is Cc1ccc(S(=O)(=O)N(C)C)cc1C(=O)Oc1ccccc1. The lowest BCUT2D eigenvalue weighted by atomic mass is 10.1. The normalized spacial score (nSPS) is 11.5. The summed E-state index contributed by atoms with van der Waals surface area (Å²) < 4.78 is 30.7. The van der Waals surface area contributed by atoms with E-state index in [4.69, 9.17) is 4.74 Å². The van der Waals surface area contributed by atoms with E-state index in [0.29, 0.717) is 11.3 Å². The molecule has 2 aromatic carbocycles. The van der Waals surface area contributed by atoms with Gasteiger partial charge in [-0.2, -0.15) is 0 Å². The summed E-state index contributed by atoms with van der Waals surface area (Å²) in [6, 6.07) is 13.1. The summed E-state index contributed by atoms with van der Waals surface area (Å²) in [5, 5.41) is 0. The van der Waals surface area contributed by atoms with Gasteiger partial charge in [-0.15, -0.1) is 0 Å². The first-order valence-electron chi connectivity index (χ1n) is 6.63. The third kappa shape index (κ3) is 3.35. The topological polar surface area (TPSA) is 63.7 Å². The van der Waals surface area contributed by atoms with Crippen molar-refractivity contribution in [3.8, 4) is 5.75 Å². The van der Waals surface area contributed by atoms with Gasteiger partial charge in [-0.05, 0) is 36.8 Å². The van der Waals surface area contributed by atoms with E-state index in [0.717, 1.165) is 4.31 Å². The predicted molar refractivity (Wildman–Crippen MR) is 83.5 cm³/mol. The number of benzene rings is 2. The molecule has 0 amide bonds. The van der Waals surface area contributed by atoms with Crippen LogP contribution in [0.25, 0.3) is 0 Å². The second-order valence-electron chi connectivity index (χ2n) is 4.97. The fourth-order valence-corrected chi connectivity index (χ4v) is 2.77. The average Bonchev–Trinajstić information content (AvgIpc) is 2.48. The van der Waals surface area contributed by atoms with E-state index >= 15 is 0 Å². The lowest BCUT2D eigenvalue weighted by Crippen LogP contribution is -2.23. The fraction of sp³-hybridized carbons (Fsp3) is 0.188. The molecule has 0 heterocycles. The van der Waals surface area contributed by atoms with Crippen molar-refractivity contribution in [2.45, 2.75) is 11.8 Å². The molecule has 2 aromatic rings. The smallest absolute Gasteiger partial charge is 0.343 e. The zero-order valence-electron chi connectivity index (χ0n) is 12.6. The quantitative estimate of drug-likeness (QED) is 0.641. The molecular weight excluding hydrogens is 302 g/mol. The molecule has 0 saturated carbocycles. The van der Waals surface area contributed by atoms with Gasteiger partial charge in [0.1, 0.15) is 5.75 Å². The fourth-order valence-electron chi connectivity index (χ4n) is 1.84.